The Morgan fingerprint density at radius 2 is 1.86 bits per heavy atom. The molecule has 0 fully saturated rings. The summed E-state index contributed by atoms with van der Waals surface area (Å²) in [5.41, 5.74) is 1.57. The van der Waals surface area contributed by atoms with Crippen molar-refractivity contribution in [2.45, 2.75) is 0 Å². The lowest BCUT2D eigenvalue weighted by Crippen LogP contribution is -1.85. The minimum atomic E-state index is 0.410. The van der Waals surface area contributed by atoms with Crippen molar-refractivity contribution < 1.29 is 0 Å². The van der Waals surface area contributed by atoms with Crippen LogP contribution in [0.25, 0.3) is 11.3 Å². The average Bonchev–Trinajstić information content (AvgIpc) is 2.19. The molecule has 1 radical (unpaired) electrons. The van der Waals surface area contributed by atoms with E-state index in [2.05, 4.69) is 16.0 Å². The third kappa shape index (κ3) is 1.86. The molecule has 0 aliphatic carbocycles. The van der Waals surface area contributed by atoms with Crippen LogP contribution < -0.4 is 0 Å². The molecule has 0 aliphatic rings. The fourth-order valence-corrected chi connectivity index (χ4v) is 1.54. The van der Waals surface area contributed by atoms with Gasteiger partial charge in [-0.05, 0) is 12.1 Å². The second kappa shape index (κ2) is 3.95. The summed E-state index contributed by atoms with van der Waals surface area (Å²) < 4.78 is 0. The Hall–Kier alpha value is -1.12. The van der Waals surface area contributed by atoms with Gasteiger partial charge in [-0.25, -0.2) is 0 Å². The lowest BCUT2D eigenvalue weighted by Gasteiger charge is -2.01. The number of rotatable bonds is 1. The van der Waals surface area contributed by atoms with Gasteiger partial charge in [0.15, 0.2) is 0 Å². The normalized spacial score (nSPS) is 10.1. The van der Waals surface area contributed by atoms with E-state index in [1.165, 1.54) is 6.20 Å². The first-order chi connectivity index (χ1) is 6.77. The number of hydrogen-bond donors (Lipinski definition) is 0. The summed E-state index contributed by atoms with van der Waals surface area (Å²) in [6, 6.07) is 6.44. The third-order valence-electron chi connectivity index (χ3n) is 1.70. The molecule has 0 saturated heterocycles. The molecule has 2 aromatic rings. The highest BCUT2D eigenvalue weighted by Gasteiger charge is 2.05. The number of pyridine rings is 2. The summed E-state index contributed by atoms with van der Waals surface area (Å²) in [4.78, 5) is 8.04. The van der Waals surface area contributed by atoms with Gasteiger partial charge in [-0.15, -0.1) is 0 Å². The van der Waals surface area contributed by atoms with Gasteiger partial charge in [0.05, 0.1) is 15.7 Å². The minimum absolute atomic E-state index is 0.410. The molecule has 69 valence electrons. The van der Waals surface area contributed by atoms with Gasteiger partial charge in [0, 0.05) is 30.2 Å². The number of halogens is 2. The molecule has 0 unspecified atom stereocenters. The summed E-state index contributed by atoms with van der Waals surface area (Å²) in [5.74, 6) is 0. The number of hydrogen-bond acceptors (Lipinski definition) is 2. The predicted molar refractivity (Wildman–Crippen MR) is 56.3 cm³/mol. The van der Waals surface area contributed by atoms with Crippen LogP contribution in [0.3, 0.4) is 0 Å². The van der Waals surface area contributed by atoms with Crippen LogP contribution >= 0.6 is 23.2 Å². The Morgan fingerprint density at radius 1 is 1.14 bits per heavy atom. The van der Waals surface area contributed by atoms with Gasteiger partial charge in [-0.3, -0.25) is 9.97 Å². The van der Waals surface area contributed by atoms with Gasteiger partial charge in [-0.1, -0.05) is 23.2 Å². The lowest BCUT2D eigenvalue weighted by molar-refractivity contribution is 1.29. The smallest absolute Gasteiger partial charge is 0.0896 e. The molecule has 0 spiro atoms. The maximum atomic E-state index is 5.94. The van der Waals surface area contributed by atoms with E-state index in [-0.39, 0.29) is 0 Å². The molecular formula is C10H5Cl2N2. The average molecular weight is 224 g/mol. The zero-order chi connectivity index (χ0) is 9.97. The summed E-state index contributed by atoms with van der Waals surface area (Å²) in [6.45, 7) is 0. The quantitative estimate of drug-likeness (QED) is 0.742. The van der Waals surface area contributed by atoms with Crippen LogP contribution in [0.4, 0.5) is 0 Å². The van der Waals surface area contributed by atoms with Gasteiger partial charge < -0.3 is 0 Å². The van der Waals surface area contributed by atoms with Crippen molar-refractivity contribution in [3.63, 3.8) is 0 Å². The Morgan fingerprint density at radius 3 is 2.50 bits per heavy atom. The zero-order valence-corrected chi connectivity index (χ0v) is 8.55. The van der Waals surface area contributed by atoms with Crippen LogP contribution in [0.15, 0.2) is 30.7 Å². The SMILES string of the molecule is Clc1[c]c(Cl)c(-c2ccncc2)nc1. The van der Waals surface area contributed by atoms with Crippen molar-refractivity contribution in [1.82, 2.24) is 9.97 Å². The van der Waals surface area contributed by atoms with Crippen molar-refractivity contribution >= 4 is 23.2 Å². The number of aromatic nitrogens is 2. The second-order valence-electron chi connectivity index (χ2n) is 2.63. The van der Waals surface area contributed by atoms with Crippen molar-refractivity contribution in [2.24, 2.45) is 0 Å². The van der Waals surface area contributed by atoms with E-state index >= 15 is 0 Å². The Balaban J connectivity index is 2.53. The van der Waals surface area contributed by atoms with E-state index in [9.17, 15) is 0 Å². The molecule has 0 bridgehead atoms. The minimum Gasteiger partial charge on any atom is -0.265 e. The molecule has 0 aromatic carbocycles. The van der Waals surface area contributed by atoms with E-state index in [0.717, 1.165) is 5.56 Å². The summed E-state index contributed by atoms with van der Waals surface area (Å²) in [6.07, 6.45) is 4.88. The second-order valence-corrected chi connectivity index (χ2v) is 3.41. The van der Waals surface area contributed by atoms with E-state index in [1.54, 1.807) is 12.4 Å². The molecule has 0 aliphatic heterocycles. The topological polar surface area (TPSA) is 25.8 Å². The zero-order valence-electron chi connectivity index (χ0n) is 7.04. The fraction of sp³-hybridized carbons (Fsp3) is 0. The first-order valence-corrected chi connectivity index (χ1v) is 4.66. The maximum absolute atomic E-state index is 5.94. The number of nitrogens with zero attached hydrogens (tertiary/aromatic N) is 2. The molecule has 2 rings (SSSR count). The molecule has 2 aromatic heterocycles. The van der Waals surface area contributed by atoms with Crippen LogP contribution in [0.1, 0.15) is 0 Å². The standard InChI is InChI=1S/C10H5Cl2N2/c11-8-5-9(12)10(14-6-8)7-1-3-13-4-2-7/h1-4,6H. The van der Waals surface area contributed by atoms with Gasteiger partial charge in [0.1, 0.15) is 0 Å². The van der Waals surface area contributed by atoms with E-state index in [1.807, 2.05) is 12.1 Å². The van der Waals surface area contributed by atoms with Crippen LogP contribution in [0.5, 0.6) is 0 Å². The highest BCUT2D eigenvalue weighted by molar-refractivity contribution is 6.35. The van der Waals surface area contributed by atoms with E-state index in [4.69, 9.17) is 23.2 Å². The van der Waals surface area contributed by atoms with E-state index in [0.29, 0.717) is 15.7 Å². The maximum Gasteiger partial charge on any atom is 0.0896 e. The summed E-state index contributed by atoms with van der Waals surface area (Å²) >= 11 is 11.6. The largest absolute Gasteiger partial charge is 0.265 e. The van der Waals surface area contributed by atoms with Crippen molar-refractivity contribution in [3.05, 3.63) is 46.8 Å². The molecule has 14 heavy (non-hydrogen) atoms. The van der Waals surface area contributed by atoms with Crippen molar-refractivity contribution in [1.29, 1.82) is 0 Å². The Labute approximate surface area is 91.5 Å². The van der Waals surface area contributed by atoms with Crippen LogP contribution in [0, 0.1) is 6.07 Å². The summed E-state index contributed by atoms with van der Waals surface area (Å²) in [7, 11) is 0. The highest BCUT2D eigenvalue weighted by Crippen LogP contribution is 2.26. The van der Waals surface area contributed by atoms with Gasteiger partial charge in [-0.2, -0.15) is 0 Å². The fourth-order valence-electron chi connectivity index (χ4n) is 1.09. The predicted octanol–water partition coefficient (Wildman–Crippen LogP) is 3.25. The van der Waals surface area contributed by atoms with Gasteiger partial charge in [0.25, 0.3) is 0 Å². The van der Waals surface area contributed by atoms with Gasteiger partial charge >= 0.3 is 0 Å². The first-order valence-electron chi connectivity index (χ1n) is 3.91. The molecular weight excluding hydrogens is 219 g/mol. The Kier molecular flexibility index (Phi) is 2.66. The molecule has 0 saturated carbocycles. The molecule has 2 nitrogen and oxygen atoms in total. The molecule has 2 heterocycles. The molecule has 0 N–H and O–H groups in total. The summed E-state index contributed by atoms with van der Waals surface area (Å²) in [5, 5.41) is 0.830. The van der Waals surface area contributed by atoms with Crippen LogP contribution in [-0.2, 0) is 0 Å². The highest BCUT2D eigenvalue weighted by atomic mass is 35.5. The van der Waals surface area contributed by atoms with Crippen LogP contribution in [-0.4, -0.2) is 9.97 Å². The Bertz CT molecular complexity index is 443. The van der Waals surface area contributed by atoms with Crippen molar-refractivity contribution in [3.8, 4) is 11.3 Å². The molecule has 0 atom stereocenters. The van der Waals surface area contributed by atoms with Crippen LogP contribution in [0.2, 0.25) is 10.0 Å². The molecule has 0 amide bonds. The van der Waals surface area contributed by atoms with Crippen molar-refractivity contribution in [2.75, 3.05) is 0 Å². The lowest BCUT2D eigenvalue weighted by atomic mass is 10.2. The van der Waals surface area contributed by atoms with Gasteiger partial charge in [0.2, 0.25) is 0 Å². The third-order valence-corrected chi connectivity index (χ3v) is 2.16. The monoisotopic (exact) mass is 223 g/mol. The first kappa shape index (κ1) is 9.44. The molecule has 4 heteroatoms. The van der Waals surface area contributed by atoms with E-state index < -0.39 is 0 Å².